The van der Waals surface area contributed by atoms with E-state index in [1.807, 2.05) is 0 Å². The van der Waals surface area contributed by atoms with E-state index in [0.717, 1.165) is 0 Å². The van der Waals surface area contributed by atoms with Crippen molar-refractivity contribution in [3.8, 4) is 5.75 Å². The summed E-state index contributed by atoms with van der Waals surface area (Å²) in [6.45, 7) is 3.28. The molecule has 0 aliphatic rings. The van der Waals surface area contributed by atoms with Crippen molar-refractivity contribution >= 4 is 11.9 Å². The highest BCUT2D eigenvalue weighted by Crippen LogP contribution is 2.31. The Kier molecular flexibility index (Phi) is 5.69. The van der Waals surface area contributed by atoms with Gasteiger partial charge in [-0.05, 0) is 37.5 Å². The fourth-order valence-corrected chi connectivity index (χ4v) is 2.09. The Morgan fingerprint density at radius 1 is 1.33 bits per heavy atom. The molecule has 0 bridgehead atoms. The molecule has 1 aromatic carbocycles. The number of benzene rings is 1. The molecule has 0 saturated carbocycles. The molecule has 0 fully saturated rings. The lowest BCUT2D eigenvalue weighted by molar-refractivity contribution is -0.168. The molecule has 6 heteroatoms. The number of hydrogen-bond acceptors (Lipinski definition) is 4. The fourth-order valence-electron chi connectivity index (χ4n) is 2.09. The van der Waals surface area contributed by atoms with Crippen molar-refractivity contribution in [2.75, 3.05) is 13.7 Å². The summed E-state index contributed by atoms with van der Waals surface area (Å²) in [6.07, 6.45) is -0.0899. The molecule has 116 valence electrons. The van der Waals surface area contributed by atoms with E-state index < -0.39 is 23.2 Å². The predicted octanol–water partition coefficient (Wildman–Crippen LogP) is 2.42. The summed E-state index contributed by atoms with van der Waals surface area (Å²) in [7, 11) is 1.34. The number of carbonyl (C=O) groups is 2. The van der Waals surface area contributed by atoms with Crippen LogP contribution in [0.4, 0.5) is 4.39 Å². The Bertz CT molecular complexity index is 529. The Labute approximate surface area is 122 Å². The lowest BCUT2D eigenvalue weighted by Gasteiger charge is -2.25. The molecule has 1 N–H and O–H groups in total. The summed E-state index contributed by atoms with van der Waals surface area (Å²) < 4.78 is 23.4. The third-order valence-corrected chi connectivity index (χ3v) is 3.40. The summed E-state index contributed by atoms with van der Waals surface area (Å²) in [5, 5.41) is 9.43. The van der Waals surface area contributed by atoms with Crippen molar-refractivity contribution in [1.82, 2.24) is 0 Å². The van der Waals surface area contributed by atoms with E-state index in [9.17, 15) is 19.1 Å². The highest BCUT2D eigenvalue weighted by Gasteiger charge is 2.46. The summed E-state index contributed by atoms with van der Waals surface area (Å²) in [4.78, 5) is 23.6. The Morgan fingerprint density at radius 2 is 2.00 bits per heavy atom. The molecule has 0 aliphatic carbocycles. The number of carbonyl (C=O) groups excluding carboxylic acids is 1. The van der Waals surface area contributed by atoms with Gasteiger partial charge in [-0.1, -0.05) is 13.0 Å². The number of halogens is 1. The monoisotopic (exact) mass is 298 g/mol. The average molecular weight is 298 g/mol. The molecule has 0 heterocycles. The highest BCUT2D eigenvalue weighted by molar-refractivity contribution is 5.99. The van der Waals surface area contributed by atoms with Crippen LogP contribution in [0.25, 0.3) is 0 Å². The van der Waals surface area contributed by atoms with E-state index in [0.29, 0.717) is 5.56 Å². The van der Waals surface area contributed by atoms with Crippen molar-refractivity contribution in [2.45, 2.75) is 26.7 Å². The maximum atomic E-state index is 13.7. The zero-order valence-corrected chi connectivity index (χ0v) is 12.3. The number of carboxylic acids is 1. The molecule has 0 aliphatic heterocycles. The minimum Gasteiger partial charge on any atom is -0.494 e. The normalized spacial score (nSPS) is 13.3. The molecule has 0 saturated heterocycles. The minimum absolute atomic E-state index is 0.0504. The van der Waals surface area contributed by atoms with Crippen molar-refractivity contribution in [3.05, 3.63) is 29.6 Å². The molecule has 1 rings (SSSR count). The van der Waals surface area contributed by atoms with Gasteiger partial charge in [0.25, 0.3) is 0 Å². The summed E-state index contributed by atoms with van der Waals surface area (Å²) in [5.41, 5.74) is -1.32. The first-order valence-corrected chi connectivity index (χ1v) is 6.64. The van der Waals surface area contributed by atoms with Gasteiger partial charge >= 0.3 is 11.9 Å². The number of carboxylic acid groups (broad SMARTS) is 1. The summed E-state index contributed by atoms with van der Waals surface area (Å²) in [6, 6.07) is 4.11. The van der Waals surface area contributed by atoms with E-state index in [2.05, 4.69) is 0 Å². The zero-order chi connectivity index (χ0) is 16.0. The van der Waals surface area contributed by atoms with Gasteiger partial charge in [0.15, 0.2) is 17.0 Å². The molecule has 1 unspecified atom stereocenters. The second-order valence-electron chi connectivity index (χ2n) is 4.61. The van der Waals surface area contributed by atoms with Crippen LogP contribution in [0.5, 0.6) is 5.75 Å². The van der Waals surface area contributed by atoms with Crippen LogP contribution in [0.1, 0.15) is 25.8 Å². The molecule has 21 heavy (non-hydrogen) atoms. The SMILES string of the molecule is CCOC(=O)C(CC)(Cc1ccc(OC)c(F)c1)C(=O)O. The van der Waals surface area contributed by atoms with Crippen LogP contribution < -0.4 is 4.74 Å². The number of esters is 1. The van der Waals surface area contributed by atoms with Crippen LogP contribution in [-0.2, 0) is 20.7 Å². The van der Waals surface area contributed by atoms with Crippen LogP contribution in [0.3, 0.4) is 0 Å². The number of methoxy groups -OCH3 is 1. The molecule has 5 nitrogen and oxygen atoms in total. The standard InChI is InChI=1S/C15H19FO5/c1-4-15(13(17)18,14(19)21-5-2)9-10-6-7-12(20-3)11(16)8-10/h6-8H,4-5,9H2,1-3H3,(H,17,18). The number of hydrogen-bond donors (Lipinski definition) is 1. The van der Waals surface area contributed by atoms with Gasteiger partial charge in [0.05, 0.1) is 13.7 Å². The number of ether oxygens (including phenoxy) is 2. The van der Waals surface area contributed by atoms with Gasteiger partial charge in [0.1, 0.15) is 0 Å². The average Bonchev–Trinajstić information content (AvgIpc) is 2.44. The smallest absolute Gasteiger partial charge is 0.323 e. The van der Waals surface area contributed by atoms with Gasteiger partial charge in [-0.15, -0.1) is 0 Å². The highest BCUT2D eigenvalue weighted by atomic mass is 19.1. The summed E-state index contributed by atoms with van der Waals surface area (Å²) in [5.74, 6) is -2.63. The van der Waals surface area contributed by atoms with Gasteiger partial charge in [0, 0.05) is 0 Å². The Hall–Kier alpha value is -2.11. The topological polar surface area (TPSA) is 72.8 Å². The van der Waals surface area contributed by atoms with Crippen molar-refractivity contribution < 1.29 is 28.6 Å². The van der Waals surface area contributed by atoms with Crippen LogP contribution in [0.2, 0.25) is 0 Å². The molecule has 0 aromatic heterocycles. The van der Waals surface area contributed by atoms with Crippen molar-refractivity contribution in [1.29, 1.82) is 0 Å². The Balaban J connectivity index is 3.15. The van der Waals surface area contributed by atoms with E-state index in [1.165, 1.54) is 25.3 Å². The predicted molar refractivity (Wildman–Crippen MR) is 73.6 cm³/mol. The molecule has 0 amide bonds. The van der Waals surface area contributed by atoms with Gasteiger partial charge < -0.3 is 14.6 Å². The molecule has 1 atom stereocenters. The van der Waals surface area contributed by atoms with E-state index in [1.54, 1.807) is 13.8 Å². The molecule has 0 spiro atoms. The molecule has 1 aromatic rings. The van der Waals surface area contributed by atoms with Crippen LogP contribution >= 0.6 is 0 Å². The second kappa shape index (κ2) is 7.06. The third-order valence-electron chi connectivity index (χ3n) is 3.40. The lowest BCUT2D eigenvalue weighted by atomic mass is 9.79. The molecular formula is C15H19FO5. The maximum absolute atomic E-state index is 13.7. The minimum atomic E-state index is -1.71. The second-order valence-corrected chi connectivity index (χ2v) is 4.61. The van der Waals surface area contributed by atoms with Crippen molar-refractivity contribution in [3.63, 3.8) is 0 Å². The molecular weight excluding hydrogens is 279 g/mol. The first-order chi connectivity index (χ1) is 9.91. The Morgan fingerprint density at radius 3 is 2.43 bits per heavy atom. The lowest BCUT2D eigenvalue weighted by Crippen LogP contribution is -2.42. The first-order valence-electron chi connectivity index (χ1n) is 6.64. The van der Waals surface area contributed by atoms with E-state index in [-0.39, 0.29) is 25.2 Å². The molecule has 0 radical (unpaired) electrons. The van der Waals surface area contributed by atoms with E-state index >= 15 is 0 Å². The van der Waals surface area contributed by atoms with Gasteiger partial charge in [0.2, 0.25) is 0 Å². The quantitative estimate of drug-likeness (QED) is 0.618. The third kappa shape index (κ3) is 3.51. The van der Waals surface area contributed by atoms with E-state index in [4.69, 9.17) is 9.47 Å². The van der Waals surface area contributed by atoms with Gasteiger partial charge in [-0.25, -0.2) is 4.39 Å². The largest absolute Gasteiger partial charge is 0.494 e. The fraction of sp³-hybridized carbons (Fsp3) is 0.467. The van der Waals surface area contributed by atoms with Crippen LogP contribution in [-0.4, -0.2) is 30.8 Å². The van der Waals surface area contributed by atoms with Gasteiger partial charge in [-0.2, -0.15) is 0 Å². The van der Waals surface area contributed by atoms with Crippen LogP contribution in [0.15, 0.2) is 18.2 Å². The maximum Gasteiger partial charge on any atom is 0.323 e. The summed E-state index contributed by atoms with van der Waals surface area (Å²) >= 11 is 0. The zero-order valence-electron chi connectivity index (χ0n) is 12.3. The van der Waals surface area contributed by atoms with Crippen molar-refractivity contribution in [2.24, 2.45) is 5.41 Å². The van der Waals surface area contributed by atoms with Crippen LogP contribution in [0, 0.1) is 11.2 Å². The number of aliphatic carboxylic acids is 1. The number of rotatable bonds is 7. The van der Waals surface area contributed by atoms with Gasteiger partial charge in [-0.3, -0.25) is 9.59 Å². The first kappa shape index (κ1) is 16.9.